The van der Waals surface area contributed by atoms with Crippen LogP contribution in [0.1, 0.15) is 21.6 Å². The summed E-state index contributed by atoms with van der Waals surface area (Å²) in [6.45, 7) is 1.99. The van der Waals surface area contributed by atoms with Gasteiger partial charge >= 0.3 is 0 Å². The maximum absolute atomic E-state index is 13.5. The van der Waals surface area contributed by atoms with E-state index in [2.05, 4.69) is 16.0 Å². The number of nitriles is 1. The van der Waals surface area contributed by atoms with Crippen molar-refractivity contribution >= 4 is 22.5 Å². The number of anilines is 1. The number of nitrogens with zero attached hydrogens (tertiary/aromatic N) is 6. The number of carbonyl (C=O) groups excluding carboxylic acids is 1. The molecule has 1 aliphatic heterocycles. The quantitative estimate of drug-likeness (QED) is 0.457. The zero-order valence-electron chi connectivity index (χ0n) is 18.8. The maximum atomic E-state index is 13.5. The van der Waals surface area contributed by atoms with E-state index in [1.807, 2.05) is 29.2 Å². The van der Waals surface area contributed by atoms with Gasteiger partial charge in [0.15, 0.2) is 0 Å². The Hall–Kier alpha value is -4.58. The van der Waals surface area contributed by atoms with Gasteiger partial charge in [-0.3, -0.25) is 14.6 Å². The van der Waals surface area contributed by atoms with E-state index in [4.69, 9.17) is 0 Å². The van der Waals surface area contributed by atoms with E-state index < -0.39 is 5.56 Å². The summed E-state index contributed by atoms with van der Waals surface area (Å²) in [7, 11) is 0. The lowest BCUT2D eigenvalue weighted by molar-refractivity contribution is 0.0740. The average Bonchev–Trinajstić information content (AvgIpc) is 2.91. The first kappa shape index (κ1) is 22.2. The summed E-state index contributed by atoms with van der Waals surface area (Å²) in [4.78, 5) is 37.9. The van der Waals surface area contributed by atoms with Crippen LogP contribution in [0.5, 0.6) is 0 Å². The lowest BCUT2D eigenvalue weighted by atomic mass is 10.1. The Labute approximate surface area is 200 Å². The highest BCUT2D eigenvalue weighted by atomic mass is 19.1. The number of hydrogen-bond acceptors (Lipinski definition) is 6. The Morgan fingerprint density at radius 2 is 1.77 bits per heavy atom. The van der Waals surface area contributed by atoms with Crippen molar-refractivity contribution in [2.45, 2.75) is 6.54 Å². The van der Waals surface area contributed by atoms with Crippen molar-refractivity contribution in [2.75, 3.05) is 31.1 Å². The van der Waals surface area contributed by atoms with Crippen LogP contribution in [0.3, 0.4) is 0 Å². The van der Waals surface area contributed by atoms with Gasteiger partial charge in [-0.2, -0.15) is 5.26 Å². The fraction of sp³-hybridized carbons (Fsp3) is 0.192. The zero-order valence-corrected chi connectivity index (χ0v) is 18.8. The molecule has 3 heterocycles. The maximum Gasteiger partial charge on any atom is 0.274 e. The lowest BCUT2D eigenvalue weighted by Gasteiger charge is -2.37. The number of fused-ring (bicyclic) bond motifs is 1. The number of halogens is 1. The SMILES string of the molecule is N#Cc1c(N2CCN(C(=O)c3cnccn3)CC2)c2ccccc2n(Cc2ccc(F)cc2)c1=O. The topological polar surface area (TPSA) is 95.1 Å². The molecular weight excluding hydrogens is 447 g/mol. The number of amides is 1. The third-order valence-corrected chi connectivity index (χ3v) is 6.18. The smallest absolute Gasteiger partial charge is 0.274 e. The molecule has 0 spiro atoms. The molecule has 35 heavy (non-hydrogen) atoms. The second-order valence-electron chi connectivity index (χ2n) is 8.24. The van der Waals surface area contributed by atoms with Crippen molar-refractivity contribution in [3.63, 3.8) is 0 Å². The van der Waals surface area contributed by atoms with Gasteiger partial charge in [-0.1, -0.05) is 30.3 Å². The molecule has 0 bridgehead atoms. The van der Waals surface area contributed by atoms with E-state index in [-0.39, 0.29) is 29.5 Å². The summed E-state index contributed by atoms with van der Waals surface area (Å²) in [6.07, 6.45) is 4.44. The molecule has 0 saturated carbocycles. The van der Waals surface area contributed by atoms with Crippen LogP contribution < -0.4 is 10.5 Å². The minimum Gasteiger partial charge on any atom is -0.366 e. The molecular formula is C26H21FN6O2. The standard InChI is InChI=1S/C26H21FN6O2/c27-19-7-5-18(6-8-19)17-33-23-4-2-1-3-20(23)24(21(15-28)25(33)34)31-11-13-32(14-12-31)26(35)22-16-29-9-10-30-22/h1-10,16H,11-14,17H2. The Morgan fingerprint density at radius 3 is 2.46 bits per heavy atom. The van der Waals surface area contributed by atoms with Gasteiger partial charge in [0, 0.05) is 44.0 Å². The largest absolute Gasteiger partial charge is 0.366 e. The number of carbonyl (C=O) groups is 1. The van der Waals surface area contributed by atoms with Crippen LogP contribution in [0.4, 0.5) is 10.1 Å². The predicted molar refractivity (Wildman–Crippen MR) is 129 cm³/mol. The van der Waals surface area contributed by atoms with Gasteiger partial charge in [0.25, 0.3) is 11.5 Å². The molecule has 0 atom stereocenters. The van der Waals surface area contributed by atoms with Crippen molar-refractivity contribution in [3.8, 4) is 6.07 Å². The molecule has 0 aliphatic carbocycles. The Bertz CT molecular complexity index is 1490. The zero-order chi connectivity index (χ0) is 24.4. The first-order chi connectivity index (χ1) is 17.1. The van der Waals surface area contributed by atoms with Crippen LogP contribution in [0.25, 0.3) is 10.9 Å². The lowest BCUT2D eigenvalue weighted by Crippen LogP contribution is -2.49. The van der Waals surface area contributed by atoms with Crippen LogP contribution in [-0.2, 0) is 6.54 Å². The number of piperazine rings is 1. The first-order valence-electron chi connectivity index (χ1n) is 11.2. The van der Waals surface area contributed by atoms with Crippen molar-refractivity contribution in [3.05, 3.63) is 100 Å². The van der Waals surface area contributed by atoms with E-state index in [1.54, 1.807) is 21.6 Å². The van der Waals surface area contributed by atoms with Crippen molar-refractivity contribution in [1.82, 2.24) is 19.4 Å². The minimum atomic E-state index is -0.399. The van der Waals surface area contributed by atoms with Crippen LogP contribution in [-0.4, -0.2) is 51.5 Å². The monoisotopic (exact) mass is 468 g/mol. The van der Waals surface area contributed by atoms with E-state index >= 15 is 0 Å². The van der Waals surface area contributed by atoms with E-state index in [0.29, 0.717) is 37.4 Å². The first-order valence-corrected chi connectivity index (χ1v) is 11.2. The van der Waals surface area contributed by atoms with Crippen LogP contribution in [0.15, 0.2) is 71.9 Å². The van der Waals surface area contributed by atoms with Gasteiger partial charge < -0.3 is 14.4 Å². The molecule has 2 aromatic heterocycles. The van der Waals surface area contributed by atoms with Gasteiger partial charge in [-0.05, 0) is 23.8 Å². The Balaban J connectivity index is 1.50. The Morgan fingerprint density at radius 1 is 1.03 bits per heavy atom. The van der Waals surface area contributed by atoms with Crippen molar-refractivity contribution in [1.29, 1.82) is 5.26 Å². The van der Waals surface area contributed by atoms with Crippen LogP contribution in [0, 0.1) is 17.1 Å². The number of rotatable bonds is 4. The molecule has 0 N–H and O–H groups in total. The molecule has 5 rings (SSSR count). The van der Waals surface area contributed by atoms with Gasteiger partial charge in [0.2, 0.25) is 0 Å². The van der Waals surface area contributed by atoms with Crippen LogP contribution >= 0.6 is 0 Å². The summed E-state index contributed by atoms with van der Waals surface area (Å²) < 4.78 is 14.9. The van der Waals surface area contributed by atoms with Crippen molar-refractivity contribution < 1.29 is 9.18 Å². The number of pyridine rings is 1. The molecule has 0 radical (unpaired) electrons. The van der Waals surface area contributed by atoms with Gasteiger partial charge in [0.1, 0.15) is 23.1 Å². The summed E-state index contributed by atoms with van der Waals surface area (Å²) in [5.74, 6) is -0.547. The average molecular weight is 468 g/mol. The number of benzene rings is 2. The van der Waals surface area contributed by atoms with E-state index in [9.17, 15) is 19.2 Å². The highest BCUT2D eigenvalue weighted by molar-refractivity contribution is 5.95. The summed E-state index contributed by atoms with van der Waals surface area (Å²) in [5, 5.41) is 10.8. The fourth-order valence-corrected chi connectivity index (χ4v) is 4.45. The normalized spacial score (nSPS) is 13.6. The molecule has 2 aromatic carbocycles. The van der Waals surface area contributed by atoms with E-state index in [0.717, 1.165) is 10.9 Å². The number of hydrogen-bond donors (Lipinski definition) is 0. The third-order valence-electron chi connectivity index (χ3n) is 6.18. The minimum absolute atomic E-state index is 0.0551. The van der Waals surface area contributed by atoms with Crippen LogP contribution in [0.2, 0.25) is 0 Å². The molecule has 174 valence electrons. The molecule has 8 nitrogen and oxygen atoms in total. The summed E-state index contributed by atoms with van der Waals surface area (Å²) in [6, 6.07) is 15.5. The molecule has 1 aliphatic rings. The number of aromatic nitrogens is 3. The molecule has 1 saturated heterocycles. The highest BCUT2D eigenvalue weighted by Gasteiger charge is 2.27. The highest BCUT2D eigenvalue weighted by Crippen LogP contribution is 2.30. The number of para-hydroxylation sites is 1. The van der Waals surface area contributed by atoms with E-state index in [1.165, 1.54) is 30.7 Å². The van der Waals surface area contributed by atoms with Crippen molar-refractivity contribution in [2.24, 2.45) is 0 Å². The molecule has 1 amide bonds. The Kier molecular flexibility index (Phi) is 5.94. The van der Waals surface area contributed by atoms with Gasteiger partial charge in [-0.15, -0.1) is 0 Å². The molecule has 4 aromatic rings. The third kappa shape index (κ3) is 4.22. The molecule has 9 heteroatoms. The second kappa shape index (κ2) is 9.35. The fourth-order valence-electron chi connectivity index (χ4n) is 4.45. The summed E-state index contributed by atoms with van der Waals surface area (Å²) in [5.41, 5.74) is 1.96. The second-order valence-corrected chi connectivity index (χ2v) is 8.24. The molecule has 0 unspecified atom stereocenters. The predicted octanol–water partition coefficient (Wildman–Crippen LogP) is 2.81. The molecule has 1 fully saturated rings. The van der Waals surface area contributed by atoms with Gasteiger partial charge in [0.05, 0.1) is 23.9 Å². The van der Waals surface area contributed by atoms with Gasteiger partial charge in [-0.25, -0.2) is 9.37 Å². The summed E-state index contributed by atoms with van der Waals surface area (Å²) >= 11 is 0.